The lowest BCUT2D eigenvalue weighted by Gasteiger charge is -2.12. The van der Waals surface area contributed by atoms with E-state index in [2.05, 4.69) is 20.6 Å². The Hall–Kier alpha value is -0.360. The summed E-state index contributed by atoms with van der Waals surface area (Å²) in [5.41, 5.74) is 0. The van der Waals surface area contributed by atoms with Gasteiger partial charge < -0.3 is 8.37 Å². The molecule has 7 heavy (non-hydrogen) atoms. The van der Waals surface area contributed by atoms with Gasteiger partial charge in [-0.2, -0.15) is 0 Å². The summed E-state index contributed by atoms with van der Waals surface area (Å²) in [5.74, 6) is 0. The normalized spacial score (nSPS) is 24.3. The Morgan fingerprint density at radius 3 is 1.86 bits per heavy atom. The van der Waals surface area contributed by atoms with Crippen LogP contribution in [0.3, 0.4) is 0 Å². The lowest BCUT2D eigenvalue weighted by Crippen LogP contribution is -2.28. The van der Waals surface area contributed by atoms with Crippen LogP contribution in [0.5, 0.6) is 0 Å². The molecule has 0 atom stereocenters. The average Bonchev–Trinajstić information content (AvgIpc) is 1.27. The minimum Gasteiger partial charge on any atom is -0.304 e. The van der Waals surface area contributed by atoms with Crippen LogP contribution in [0.2, 0.25) is 0 Å². The Morgan fingerprint density at radius 1 is 1.43 bits per heavy atom. The molecule has 0 bridgehead atoms. The fraction of sp³-hybridized carbons (Fsp3) is 0. The van der Waals surface area contributed by atoms with Crippen molar-refractivity contribution in [1.29, 1.82) is 0 Å². The maximum atomic E-state index is 9.77. The highest BCUT2D eigenvalue weighted by Crippen LogP contribution is 2.10. The van der Waals surface area contributed by atoms with E-state index in [0.717, 1.165) is 0 Å². The molecule has 4 nitrogen and oxygen atoms in total. The third-order valence-electron chi connectivity index (χ3n) is 0.340. The van der Waals surface area contributed by atoms with Crippen molar-refractivity contribution in [2.24, 2.45) is 0 Å². The van der Waals surface area contributed by atoms with E-state index in [1.54, 1.807) is 0 Å². The van der Waals surface area contributed by atoms with E-state index in [1.807, 2.05) is 0 Å². The summed E-state index contributed by atoms with van der Waals surface area (Å²) in [5, 5.41) is -0.333. The van der Waals surface area contributed by atoms with Crippen molar-refractivity contribution < 1.29 is 16.8 Å². The lowest BCUT2D eigenvalue weighted by atomic mass is 11.5. The zero-order valence-electron chi connectivity index (χ0n) is 2.95. The maximum absolute atomic E-state index is 9.77. The molecule has 0 saturated carbocycles. The van der Waals surface area contributed by atoms with Crippen molar-refractivity contribution in [3.63, 3.8) is 0 Å². The van der Waals surface area contributed by atoms with E-state index in [4.69, 9.17) is 0 Å². The van der Waals surface area contributed by atoms with E-state index in [9.17, 15) is 8.42 Å². The fourth-order valence-corrected chi connectivity index (χ4v) is 1.02. The molecule has 0 radical (unpaired) electrons. The lowest BCUT2D eigenvalue weighted by molar-refractivity contribution is 0.270. The average molecular weight is 140 g/mol. The molecule has 1 fully saturated rings. The molecule has 1 aliphatic rings. The quantitative estimate of drug-likeness (QED) is 0.427. The first-order valence-electron chi connectivity index (χ1n) is 1.28. The number of thiocarbonyl (C=S) groups is 1. The van der Waals surface area contributed by atoms with Crippen LogP contribution >= 0.6 is 12.2 Å². The number of hydrogen-bond donors (Lipinski definition) is 0. The van der Waals surface area contributed by atoms with Crippen molar-refractivity contribution in [2.45, 2.75) is 0 Å². The Bertz CT molecular complexity index is 174. The summed E-state index contributed by atoms with van der Waals surface area (Å²) < 4.78 is 27.1. The molecule has 0 aromatic heterocycles. The second-order valence-electron chi connectivity index (χ2n) is 0.825. The predicted octanol–water partition coefficient (Wildman–Crippen LogP) is -0.437. The topological polar surface area (TPSA) is 52.6 Å². The standard InChI is InChI=1S/CO4S2/c2-7(3)4-1(6)5-7. The highest BCUT2D eigenvalue weighted by molar-refractivity contribution is 7.89. The van der Waals surface area contributed by atoms with Gasteiger partial charge in [-0.05, 0) is 0 Å². The maximum Gasteiger partial charge on any atom is 0.507 e. The van der Waals surface area contributed by atoms with Gasteiger partial charge >= 0.3 is 15.6 Å². The molecule has 0 aromatic rings. The summed E-state index contributed by atoms with van der Waals surface area (Å²) in [4.78, 5) is 0. The van der Waals surface area contributed by atoms with Crippen molar-refractivity contribution in [3.05, 3.63) is 0 Å². The molecule has 0 amide bonds. The van der Waals surface area contributed by atoms with Gasteiger partial charge in [0, 0.05) is 12.2 Å². The SMILES string of the molecule is O=S1(=O)OC(=S)O1. The molecular weight excluding hydrogens is 140 g/mol. The molecule has 6 heteroatoms. The summed E-state index contributed by atoms with van der Waals surface area (Å²) in [6.45, 7) is 0. The first kappa shape index (κ1) is 4.79. The molecule has 0 aliphatic carbocycles. The van der Waals surface area contributed by atoms with Gasteiger partial charge in [0.05, 0.1) is 0 Å². The van der Waals surface area contributed by atoms with Crippen LogP contribution in [0.1, 0.15) is 0 Å². The second-order valence-corrected chi connectivity index (χ2v) is 2.31. The summed E-state index contributed by atoms with van der Waals surface area (Å²) in [6.07, 6.45) is 0. The molecule has 1 rings (SSSR count). The molecule has 1 saturated heterocycles. The van der Waals surface area contributed by atoms with E-state index in [-0.39, 0.29) is 5.24 Å². The summed E-state index contributed by atoms with van der Waals surface area (Å²) >= 11 is 4.11. The molecule has 0 N–H and O–H groups in total. The van der Waals surface area contributed by atoms with Gasteiger partial charge in [0.1, 0.15) is 0 Å². The van der Waals surface area contributed by atoms with Gasteiger partial charge in [0.25, 0.3) is 0 Å². The van der Waals surface area contributed by atoms with Crippen LogP contribution in [0.4, 0.5) is 0 Å². The molecule has 40 valence electrons. The molecule has 1 aliphatic heterocycles. The third kappa shape index (κ3) is 0.804. The molecule has 1 heterocycles. The van der Waals surface area contributed by atoms with Crippen LogP contribution in [0.15, 0.2) is 0 Å². The fourth-order valence-electron chi connectivity index (χ4n) is 0.173. The smallest absolute Gasteiger partial charge is 0.304 e. The van der Waals surface area contributed by atoms with E-state index >= 15 is 0 Å². The largest absolute Gasteiger partial charge is 0.507 e. The van der Waals surface area contributed by atoms with Gasteiger partial charge in [-0.15, -0.1) is 8.42 Å². The summed E-state index contributed by atoms with van der Waals surface area (Å²) in [7, 11) is -3.67. The second kappa shape index (κ2) is 1.07. The first-order valence-corrected chi connectivity index (χ1v) is 3.02. The molecule has 0 aromatic carbocycles. The minimum absolute atomic E-state index is 0.333. The number of rotatable bonds is 0. The zero-order valence-corrected chi connectivity index (χ0v) is 4.58. The molecule has 0 spiro atoms. The zero-order chi connectivity index (χ0) is 5.49. The third-order valence-corrected chi connectivity index (χ3v) is 1.43. The van der Waals surface area contributed by atoms with Gasteiger partial charge in [0.15, 0.2) is 0 Å². The van der Waals surface area contributed by atoms with E-state index < -0.39 is 10.4 Å². The van der Waals surface area contributed by atoms with Crippen LogP contribution in [0.25, 0.3) is 0 Å². The highest BCUT2D eigenvalue weighted by Gasteiger charge is 2.31. The van der Waals surface area contributed by atoms with Gasteiger partial charge in [-0.1, -0.05) is 0 Å². The van der Waals surface area contributed by atoms with Crippen LogP contribution in [-0.4, -0.2) is 13.7 Å². The Balaban J connectivity index is 2.79. The van der Waals surface area contributed by atoms with Gasteiger partial charge in [-0.3, -0.25) is 0 Å². The van der Waals surface area contributed by atoms with E-state index in [1.165, 1.54) is 0 Å². The van der Waals surface area contributed by atoms with Crippen LogP contribution in [-0.2, 0) is 18.8 Å². The Labute approximate surface area is 45.4 Å². The van der Waals surface area contributed by atoms with Crippen LogP contribution < -0.4 is 0 Å². The highest BCUT2D eigenvalue weighted by atomic mass is 32.3. The van der Waals surface area contributed by atoms with Crippen molar-refractivity contribution in [3.8, 4) is 0 Å². The first-order chi connectivity index (χ1) is 3.10. The Kier molecular flexibility index (Phi) is 0.734. The van der Waals surface area contributed by atoms with Crippen molar-refractivity contribution >= 4 is 27.9 Å². The Morgan fingerprint density at radius 2 is 1.86 bits per heavy atom. The number of hydrogen-bond acceptors (Lipinski definition) is 5. The molecule has 0 unspecified atom stereocenters. The molecular formula is CO4S2. The van der Waals surface area contributed by atoms with Crippen LogP contribution in [0, 0.1) is 0 Å². The minimum atomic E-state index is -3.67. The van der Waals surface area contributed by atoms with E-state index in [0.29, 0.717) is 0 Å². The monoisotopic (exact) mass is 140 g/mol. The van der Waals surface area contributed by atoms with Gasteiger partial charge in [0.2, 0.25) is 0 Å². The van der Waals surface area contributed by atoms with Gasteiger partial charge in [-0.25, -0.2) is 0 Å². The summed E-state index contributed by atoms with van der Waals surface area (Å²) in [6, 6.07) is 0. The van der Waals surface area contributed by atoms with Crippen molar-refractivity contribution in [1.82, 2.24) is 0 Å². The van der Waals surface area contributed by atoms with Crippen molar-refractivity contribution in [2.75, 3.05) is 0 Å². The predicted molar refractivity (Wildman–Crippen MR) is 23.7 cm³/mol.